The number of carbonyl (C=O) groups excluding carboxylic acids is 2. The zero-order valence-corrected chi connectivity index (χ0v) is 14.9. The van der Waals surface area contributed by atoms with Crippen LogP contribution in [0.1, 0.15) is 38.4 Å². The number of carbonyl (C=O) groups is 2. The molecule has 0 atom stereocenters. The number of fused-ring (bicyclic) bond motifs is 1. The second-order valence-electron chi connectivity index (χ2n) is 6.35. The lowest BCUT2D eigenvalue weighted by Crippen LogP contribution is -2.15. The number of primary amides is 1. The van der Waals surface area contributed by atoms with Gasteiger partial charge in [-0.05, 0) is 35.9 Å². The van der Waals surface area contributed by atoms with E-state index in [0.717, 1.165) is 11.3 Å². The first kappa shape index (κ1) is 17.7. The van der Waals surface area contributed by atoms with Gasteiger partial charge in [0, 0.05) is 30.7 Å². The maximum absolute atomic E-state index is 11.9. The first-order chi connectivity index (χ1) is 13.6. The zero-order valence-electron chi connectivity index (χ0n) is 14.9. The molecule has 7 heteroatoms. The average Bonchev–Trinajstić information content (AvgIpc) is 2.69. The minimum Gasteiger partial charge on any atom is -0.492 e. The Labute approximate surface area is 161 Å². The summed E-state index contributed by atoms with van der Waals surface area (Å²) in [6.45, 7) is 0.371. The molecule has 0 spiro atoms. The van der Waals surface area contributed by atoms with Crippen LogP contribution in [0.3, 0.4) is 0 Å². The molecule has 140 valence electrons. The van der Waals surface area contributed by atoms with Gasteiger partial charge in [-0.1, -0.05) is 12.1 Å². The summed E-state index contributed by atoms with van der Waals surface area (Å²) in [6, 6.07) is 14.1. The van der Waals surface area contributed by atoms with E-state index in [9.17, 15) is 9.59 Å². The number of hydrogen-bond acceptors (Lipinski definition) is 6. The topological polar surface area (TPSA) is 104 Å². The Morgan fingerprint density at radius 2 is 1.96 bits per heavy atom. The maximum atomic E-state index is 11.9. The Hall–Kier alpha value is -3.74. The Morgan fingerprint density at radius 1 is 1.14 bits per heavy atom. The Bertz CT molecular complexity index is 1050. The molecule has 2 aromatic carbocycles. The Balaban J connectivity index is 1.49. The molecule has 2 heterocycles. The molecule has 0 aliphatic carbocycles. The lowest BCUT2D eigenvalue weighted by Gasteiger charge is -2.16. The van der Waals surface area contributed by atoms with Crippen molar-refractivity contribution < 1.29 is 19.1 Å². The Kier molecular flexibility index (Phi) is 4.72. The largest absolute Gasteiger partial charge is 0.492 e. The van der Waals surface area contributed by atoms with Crippen LogP contribution in [-0.4, -0.2) is 28.3 Å². The quantitative estimate of drug-likeness (QED) is 0.735. The summed E-state index contributed by atoms with van der Waals surface area (Å²) in [5.74, 6) is 0.615. The van der Waals surface area contributed by atoms with Crippen LogP contribution in [0, 0.1) is 0 Å². The molecular weight excluding hydrogens is 358 g/mol. The molecule has 4 rings (SSSR count). The first-order valence-electron chi connectivity index (χ1n) is 8.77. The van der Waals surface area contributed by atoms with Crippen LogP contribution in [0.5, 0.6) is 17.5 Å². The number of hydrogen-bond donors (Lipinski definition) is 1. The van der Waals surface area contributed by atoms with Crippen LogP contribution in [0.2, 0.25) is 0 Å². The summed E-state index contributed by atoms with van der Waals surface area (Å²) in [4.78, 5) is 31.6. The van der Waals surface area contributed by atoms with Gasteiger partial charge in [-0.25, -0.2) is 4.98 Å². The van der Waals surface area contributed by atoms with E-state index >= 15 is 0 Å². The fraction of sp³-hybridized carbons (Fsp3) is 0.143. The molecular formula is C21H17N3O4. The molecule has 0 saturated carbocycles. The van der Waals surface area contributed by atoms with Crippen molar-refractivity contribution in [1.29, 1.82) is 0 Å². The third kappa shape index (κ3) is 3.83. The highest BCUT2D eigenvalue weighted by molar-refractivity contribution is 5.99. The van der Waals surface area contributed by atoms with Crippen molar-refractivity contribution in [3.05, 3.63) is 77.1 Å². The molecule has 1 aliphatic rings. The SMILES string of the molecule is NC(=O)c1ccc(Cc2ccnc(Oc3ccc4c(c3)OCCC4=O)n2)cc1. The van der Waals surface area contributed by atoms with Gasteiger partial charge < -0.3 is 15.2 Å². The van der Waals surface area contributed by atoms with Gasteiger partial charge in [-0.15, -0.1) is 0 Å². The highest BCUT2D eigenvalue weighted by Crippen LogP contribution is 2.30. The molecule has 2 N–H and O–H groups in total. The van der Waals surface area contributed by atoms with Crippen molar-refractivity contribution in [2.45, 2.75) is 12.8 Å². The standard InChI is InChI=1S/C21H17N3O4/c22-20(26)14-3-1-13(2-4-14)11-15-7-9-23-21(24-15)28-16-5-6-17-18(25)8-10-27-19(17)12-16/h1-7,9,12H,8,10-11H2,(H2,22,26). The molecule has 1 aliphatic heterocycles. The smallest absolute Gasteiger partial charge is 0.322 e. The summed E-state index contributed by atoms with van der Waals surface area (Å²) in [5, 5.41) is 0. The third-order valence-electron chi connectivity index (χ3n) is 4.36. The number of nitrogens with two attached hydrogens (primary N) is 1. The van der Waals surface area contributed by atoms with Crippen molar-refractivity contribution in [3.63, 3.8) is 0 Å². The molecule has 0 fully saturated rings. The number of aromatic nitrogens is 2. The number of nitrogens with zero attached hydrogens (tertiary/aromatic N) is 2. The summed E-state index contributed by atoms with van der Waals surface area (Å²) in [5.41, 5.74) is 8.03. The lowest BCUT2D eigenvalue weighted by atomic mass is 10.1. The number of Topliss-reactive ketones (excluding diaryl/α,β-unsaturated/α-hetero) is 1. The van der Waals surface area contributed by atoms with Crippen molar-refractivity contribution in [1.82, 2.24) is 9.97 Å². The maximum Gasteiger partial charge on any atom is 0.322 e. The fourth-order valence-electron chi connectivity index (χ4n) is 2.93. The fourth-order valence-corrected chi connectivity index (χ4v) is 2.93. The summed E-state index contributed by atoms with van der Waals surface area (Å²) in [7, 11) is 0. The number of benzene rings is 2. The lowest BCUT2D eigenvalue weighted by molar-refractivity contribution is 0.0932. The van der Waals surface area contributed by atoms with Gasteiger partial charge in [0.25, 0.3) is 0 Å². The highest BCUT2D eigenvalue weighted by Gasteiger charge is 2.19. The molecule has 7 nitrogen and oxygen atoms in total. The van der Waals surface area contributed by atoms with Crippen molar-refractivity contribution in [2.24, 2.45) is 5.73 Å². The molecule has 0 unspecified atom stereocenters. The monoisotopic (exact) mass is 375 g/mol. The minimum absolute atomic E-state index is 0.0633. The highest BCUT2D eigenvalue weighted by atomic mass is 16.5. The first-order valence-corrected chi connectivity index (χ1v) is 8.77. The summed E-state index contributed by atoms with van der Waals surface area (Å²) in [6.07, 6.45) is 2.56. The molecule has 0 radical (unpaired) electrons. The van der Waals surface area contributed by atoms with Crippen molar-refractivity contribution in [3.8, 4) is 17.5 Å². The second kappa shape index (κ2) is 7.48. The van der Waals surface area contributed by atoms with E-state index in [0.29, 0.717) is 42.1 Å². The van der Waals surface area contributed by atoms with Gasteiger partial charge in [-0.2, -0.15) is 4.98 Å². The van der Waals surface area contributed by atoms with Crippen LogP contribution < -0.4 is 15.2 Å². The molecule has 1 aromatic heterocycles. The molecule has 28 heavy (non-hydrogen) atoms. The molecule has 0 saturated heterocycles. The van der Waals surface area contributed by atoms with Gasteiger partial charge in [0.1, 0.15) is 11.5 Å². The van der Waals surface area contributed by atoms with Gasteiger partial charge in [0.05, 0.1) is 17.9 Å². The number of amides is 1. The molecule has 0 bridgehead atoms. The zero-order chi connectivity index (χ0) is 19.5. The normalized spacial score (nSPS) is 12.8. The number of ether oxygens (including phenoxy) is 2. The van der Waals surface area contributed by atoms with Crippen LogP contribution in [0.25, 0.3) is 0 Å². The average molecular weight is 375 g/mol. The van der Waals surface area contributed by atoms with Crippen LogP contribution in [0.4, 0.5) is 0 Å². The van der Waals surface area contributed by atoms with Crippen molar-refractivity contribution >= 4 is 11.7 Å². The number of ketones is 1. The Morgan fingerprint density at radius 3 is 2.75 bits per heavy atom. The van der Waals surface area contributed by atoms with Crippen LogP contribution >= 0.6 is 0 Å². The van der Waals surface area contributed by atoms with E-state index < -0.39 is 5.91 Å². The van der Waals surface area contributed by atoms with Gasteiger partial charge in [-0.3, -0.25) is 9.59 Å². The van der Waals surface area contributed by atoms with Crippen LogP contribution in [-0.2, 0) is 6.42 Å². The van der Waals surface area contributed by atoms with E-state index in [-0.39, 0.29) is 11.8 Å². The molecule has 1 amide bonds. The van der Waals surface area contributed by atoms with E-state index in [4.69, 9.17) is 15.2 Å². The third-order valence-corrected chi connectivity index (χ3v) is 4.36. The predicted octanol–water partition coefficient (Wildman–Crippen LogP) is 2.92. The van der Waals surface area contributed by atoms with Crippen molar-refractivity contribution in [2.75, 3.05) is 6.61 Å². The second-order valence-corrected chi connectivity index (χ2v) is 6.35. The molecule has 3 aromatic rings. The van der Waals surface area contributed by atoms with Gasteiger partial charge in [0.15, 0.2) is 5.78 Å². The van der Waals surface area contributed by atoms with Crippen LogP contribution in [0.15, 0.2) is 54.7 Å². The number of rotatable bonds is 5. The summed E-state index contributed by atoms with van der Waals surface area (Å²) >= 11 is 0. The van der Waals surface area contributed by atoms with E-state index in [1.54, 1.807) is 42.6 Å². The van der Waals surface area contributed by atoms with E-state index in [1.165, 1.54) is 0 Å². The summed E-state index contributed by atoms with van der Waals surface area (Å²) < 4.78 is 11.3. The van der Waals surface area contributed by atoms with Gasteiger partial charge >= 0.3 is 6.01 Å². The van der Waals surface area contributed by atoms with E-state index in [1.807, 2.05) is 12.1 Å². The predicted molar refractivity (Wildman–Crippen MR) is 101 cm³/mol. The minimum atomic E-state index is -0.458. The van der Waals surface area contributed by atoms with Gasteiger partial charge in [0.2, 0.25) is 5.91 Å². The van der Waals surface area contributed by atoms with E-state index in [2.05, 4.69) is 9.97 Å².